The van der Waals surface area contributed by atoms with Crippen LogP contribution in [-0.2, 0) is 0 Å². The maximum absolute atomic E-state index is 15.8. The number of benzene rings is 2. The first-order valence-corrected chi connectivity index (χ1v) is 10.9. The number of thioether (sulfide) groups is 1. The Morgan fingerprint density at radius 2 is 1.81 bits per heavy atom. The second-order valence-corrected chi connectivity index (χ2v) is 9.27. The predicted molar refractivity (Wildman–Crippen MR) is 126 cm³/mol. The number of pyridine rings is 1. The van der Waals surface area contributed by atoms with E-state index in [0.717, 1.165) is 21.7 Å². The molecular weight excluding hydrogens is 409 g/mol. The highest BCUT2D eigenvalue weighted by Crippen LogP contribution is 2.39. The molecule has 0 radical (unpaired) electrons. The fourth-order valence-corrected chi connectivity index (χ4v) is 4.64. The summed E-state index contributed by atoms with van der Waals surface area (Å²) in [4.78, 5) is 13.6. The minimum Gasteiger partial charge on any atom is -0.253 e. The molecular formula is C24H21FN5S+. The number of nitrogens with zero attached hydrogens (tertiary/aromatic N) is 4. The molecule has 0 fully saturated rings. The molecule has 0 amide bonds. The van der Waals surface area contributed by atoms with E-state index in [9.17, 15) is 0 Å². The van der Waals surface area contributed by atoms with E-state index in [0.29, 0.717) is 27.9 Å². The molecule has 154 valence electrons. The van der Waals surface area contributed by atoms with Gasteiger partial charge in [-0.3, -0.25) is 4.99 Å². The summed E-state index contributed by atoms with van der Waals surface area (Å²) in [5.41, 5.74) is 3.03. The zero-order valence-corrected chi connectivity index (χ0v) is 18.0. The second kappa shape index (κ2) is 7.53. The van der Waals surface area contributed by atoms with Gasteiger partial charge < -0.3 is 0 Å². The van der Waals surface area contributed by atoms with Gasteiger partial charge in [0.1, 0.15) is 11.7 Å². The Bertz CT molecular complexity index is 1310. The van der Waals surface area contributed by atoms with Crippen LogP contribution in [0.25, 0.3) is 22.2 Å². The van der Waals surface area contributed by atoms with Gasteiger partial charge in [-0.1, -0.05) is 68.1 Å². The van der Waals surface area contributed by atoms with Gasteiger partial charge in [0.15, 0.2) is 10.8 Å². The summed E-state index contributed by atoms with van der Waals surface area (Å²) in [5.74, 6) is 6.71. The number of halogens is 1. The first kappa shape index (κ1) is 19.8. The lowest BCUT2D eigenvalue weighted by atomic mass is 10.1. The second-order valence-electron chi connectivity index (χ2n) is 7.71. The lowest BCUT2D eigenvalue weighted by Gasteiger charge is -2.26. The van der Waals surface area contributed by atoms with E-state index < -0.39 is 5.82 Å². The third kappa shape index (κ3) is 3.31. The van der Waals surface area contributed by atoms with E-state index in [1.165, 1.54) is 0 Å². The van der Waals surface area contributed by atoms with Crippen LogP contribution in [0.5, 0.6) is 0 Å². The van der Waals surface area contributed by atoms with Crippen LogP contribution in [0.1, 0.15) is 19.4 Å². The molecule has 0 saturated heterocycles. The van der Waals surface area contributed by atoms with E-state index in [1.54, 1.807) is 36.4 Å². The Hall–Kier alpha value is -3.13. The van der Waals surface area contributed by atoms with Crippen molar-refractivity contribution >= 4 is 34.7 Å². The average molecular weight is 431 g/mol. The van der Waals surface area contributed by atoms with Crippen molar-refractivity contribution in [3.63, 3.8) is 0 Å². The normalized spacial score (nSPS) is 20.0. The number of allylic oxidation sites excluding steroid dienone is 1. The molecule has 5 rings (SSSR count). The standard InChI is InChI=1S/C24H21FN5S/c1-15(2)31-24-20-14-27-12-13-30(20,26)23(29-24)18-10-8-17-9-11-19(28-22(17)21(18)25)16-6-4-3-5-7-16/h3-15H,26H2,1-2H3/q+1. The molecule has 2 aliphatic rings. The van der Waals surface area contributed by atoms with Crippen molar-refractivity contribution in [2.75, 3.05) is 0 Å². The molecule has 31 heavy (non-hydrogen) atoms. The number of hydrogen-bond acceptors (Lipinski definition) is 5. The first-order valence-electron chi connectivity index (χ1n) is 10.0. The van der Waals surface area contributed by atoms with E-state index in [-0.39, 0.29) is 4.59 Å². The van der Waals surface area contributed by atoms with Crippen LogP contribution < -0.4 is 5.84 Å². The smallest absolute Gasteiger partial charge is 0.253 e. The summed E-state index contributed by atoms with van der Waals surface area (Å²) >= 11 is 1.59. The fraction of sp³-hybridized carbons (Fsp3) is 0.125. The number of quaternary nitrogens is 1. The number of hydrogen-bond donors (Lipinski definition) is 1. The molecule has 7 heteroatoms. The molecule has 0 bridgehead atoms. The molecule has 5 nitrogen and oxygen atoms in total. The Balaban J connectivity index is 1.66. The van der Waals surface area contributed by atoms with Gasteiger partial charge in [-0.05, 0) is 12.1 Å². The monoisotopic (exact) mass is 430 g/mol. The van der Waals surface area contributed by atoms with Crippen LogP contribution in [0, 0.1) is 5.82 Å². The average Bonchev–Trinajstić information content (AvgIpc) is 3.06. The number of amidine groups is 1. The summed E-state index contributed by atoms with van der Waals surface area (Å²) in [6.07, 6.45) is 5.04. The predicted octanol–water partition coefficient (Wildman–Crippen LogP) is 5.36. The first-order chi connectivity index (χ1) is 15.0. The number of aromatic nitrogens is 1. The van der Waals surface area contributed by atoms with Crippen LogP contribution in [0.15, 0.2) is 87.7 Å². The molecule has 0 saturated carbocycles. The number of rotatable bonds is 4. The molecule has 2 aliphatic heterocycles. The van der Waals surface area contributed by atoms with Crippen molar-refractivity contribution < 1.29 is 8.98 Å². The van der Waals surface area contributed by atoms with Gasteiger partial charge in [-0.2, -0.15) is 10.8 Å². The number of nitrogens with two attached hydrogens (primary N) is 1. The van der Waals surface area contributed by atoms with Crippen LogP contribution in [-0.4, -0.2) is 26.9 Å². The molecule has 3 heterocycles. The Labute approximate surface area is 184 Å². The molecule has 1 unspecified atom stereocenters. The van der Waals surface area contributed by atoms with Crippen molar-refractivity contribution in [2.24, 2.45) is 15.8 Å². The van der Waals surface area contributed by atoms with Gasteiger partial charge in [-0.25, -0.2) is 9.37 Å². The summed E-state index contributed by atoms with van der Waals surface area (Å²) in [7, 11) is 0. The van der Waals surface area contributed by atoms with Crippen molar-refractivity contribution in [3.8, 4) is 11.3 Å². The van der Waals surface area contributed by atoms with E-state index in [1.807, 2.05) is 48.5 Å². The van der Waals surface area contributed by atoms with Crippen molar-refractivity contribution in [1.29, 1.82) is 0 Å². The van der Waals surface area contributed by atoms with Gasteiger partial charge in [0.05, 0.1) is 23.7 Å². The maximum atomic E-state index is 15.8. The molecule has 2 aromatic carbocycles. The zero-order chi connectivity index (χ0) is 21.6. The molecule has 3 aromatic rings. The maximum Gasteiger partial charge on any atom is 0.268 e. The Morgan fingerprint density at radius 3 is 2.58 bits per heavy atom. The Morgan fingerprint density at radius 1 is 1.03 bits per heavy atom. The highest BCUT2D eigenvalue weighted by atomic mass is 32.2. The third-order valence-corrected chi connectivity index (χ3v) is 6.21. The Kier molecular flexibility index (Phi) is 4.81. The van der Waals surface area contributed by atoms with Gasteiger partial charge >= 0.3 is 0 Å². The molecule has 0 aliphatic carbocycles. The van der Waals surface area contributed by atoms with E-state index in [4.69, 9.17) is 10.8 Å². The minimum absolute atomic E-state index is 0.209. The van der Waals surface area contributed by atoms with Gasteiger partial charge in [-0.15, -0.1) is 4.59 Å². The minimum atomic E-state index is -0.428. The lowest BCUT2D eigenvalue weighted by Crippen LogP contribution is -2.53. The van der Waals surface area contributed by atoms with Crippen LogP contribution in [0.3, 0.4) is 0 Å². The fourth-order valence-electron chi connectivity index (χ4n) is 3.73. The highest BCUT2D eigenvalue weighted by molar-refractivity contribution is 8.03. The van der Waals surface area contributed by atoms with Crippen LogP contribution in [0.4, 0.5) is 4.39 Å². The van der Waals surface area contributed by atoms with Crippen LogP contribution in [0.2, 0.25) is 0 Å². The highest BCUT2D eigenvalue weighted by Gasteiger charge is 2.45. The zero-order valence-electron chi connectivity index (χ0n) is 17.2. The third-order valence-electron chi connectivity index (χ3n) is 5.22. The topological polar surface area (TPSA) is 63.6 Å². The van der Waals surface area contributed by atoms with Gasteiger partial charge in [0.25, 0.3) is 5.84 Å². The quantitative estimate of drug-likeness (QED) is 0.448. The van der Waals surface area contributed by atoms with Crippen LogP contribution >= 0.6 is 11.8 Å². The summed E-state index contributed by atoms with van der Waals surface area (Å²) in [5, 5.41) is 1.78. The molecule has 2 N–H and O–H groups in total. The molecule has 0 spiro atoms. The molecule has 1 atom stereocenters. The van der Waals surface area contributed by atoms with Crippen molar-refractivity contribution in [3.05, 3.63) is 89.1 Å². The summed E-state index contributed by atoms with van der Waals surface area (Å²) in [6.45, 7) is 4.16. The number of aliphatic imine (C=N–C) groups is 2. The van der Waals surface area contributed by atoms with Crippen molar-refractivity contribution in [2.45, 2.75) is 19.1 Å². The van der Waals surface area contributed by atoms with E-state index in [2.05, 4.69) is 23.8 Å². The van der Waals surface area contributed by atoms with E-state index >= 15 is 4.39 Å². The molecule has 1 aromatic heterocycles. The largest absolute Gasteiger partial charge is 0.268 e. The van der Waals surface area contributed by atoms with Gasteiger partial charge in [0, 0.05) is 16.2 Å². The summed E-state index contributed by atoms with van der Waals surface area (Å²) < 4.78 is 15.6. The van der Waals surface area contributed by atoms with Gasteiger partial charge in [0.2, 0.25) is 5.70 Å². The summed E-state index contributed by atoms with van der Waals surface area (Å²) in [6, 6.07) is 17.1. The number of fused-ring (bicyclic) bond motifs is 2. The lowest BCUT2D eigenvalue weighted by molar-refractivity contribution is -0.750. The SMILES string of the molecule is CC(C)SC1=C2C=NC=C[N+]2(N)C(c2ccc3ccc(-c4ccccc4)nc3c2F)=N1. The van der Waals surface area contributed by atoms with Crippen molar-refractivity contribution in [1.82, 2.24) is 4.98 Å².